The molecular weight excluding hydrogens is 949 g/mol. The minimum Gasteiger partial charge on any atom is -0.464 e. The SMILES string of the molecule is CCn1c(-c2cccnc2)c2c3cc(ccc31)-c1cccc(c1)C[C@H](NC(=O)[C@H](C(C)C)N(C)C(=O)[C@H]1CCN(C(=O)C#CCN(C)C)C1)C(=O)N1CCC[C@H](N1)C(=O)OCC(C)(C)C2.S.S.S.S. The summed E-state index contributed by atoms with van der Waals surface area (Å²) in [5, 5.41) is 5.61. The number of rotatable bonds is 8. The zero-order valence-corrected chi connectivity index (χ0v) is 45.1. The largest absolute Gasteiger partial charge is 0.464 e. The van der Waals surface area contributed by atoms with Gasteiger partial charge in [0, 0.05) is 73.9 Å². The Labute approximate surface area is 435 Å². The standard InChI is InChI=1S/C51H64N8O6.4H2S/c1-9-58-43-20-19-36-28-39(43)40(46(58)37-16-11-22-52-30-37)29-51(4,5)32-65-50(64)41-17-12-24-59(54-41)49(63)42(27-34-14-10-15-35(36)26-34)53-47(61)45(33(2)3)56(8)48(62)38-21-25-57(31-38)44(60)18-13-23-55(6)7;;;;/h10-11,14-16,19-20,22,26,28,30,33,38,41-42,45,54H,9,12,17,21,23-25,27,29,31-32H2,1-8H3,(H,53,61);4*1H2/t38-,41-,42-,45-;;;;/m0..../s1. The molecule has 3 aliphatic heterocycles. The molecule has 3 aliphatic rings. The molecule has 2 saturated heterocycles. The third-order valence-corrected chi connectivity index (χ3v) is 12.8. The Morgan fingerprint density at radius 2 is 1.68 bits per heavy atom. The fourth-order valence-corrected chi connectivity index (χ4v) is 9.56. The predicted molar refractivity (Wildman–Crippen MR) is 292 cm³/mol. The lowest BCUT2D eigenvalue weighted by atomic mass is 9.84. The van der Waals surface area contributed by atoms with E-state index in [9.17, 15) is 24.0 Å². The van der Waals surface area contributed by atoms with Crippen LogP contribution in [-0.4, -0.2) is 131 Å². The van der Waals surface area contributed by atoms with Gasteiger partial charge in [-0.3, -0.25) is 38.9 Å². The molecule has 0 unspecified atom stereocenters. The van der Waals surface area contributed by atoms with Gasteiger partial charge in [-0.1, -0.05) is 63.9 Å². The highest BCUT2D eigenvalue weighted by atomic mass is 32.1. The molecule has 4 amide bonds. The lowest BCUT2D eigenvalue weighted by Crippen LogP contribution is -2.62. The number of nitrogens with one attached hydrogen (secondary N) is 2. The summed E-state index contributed by atoms with van der Waals surface area (Å²) in [6.45, 7) is 12.4. The van der Waals surface area contributed by atoms with Crippen molar-refractivity contribution in [2.24, 2.45) is 17.3 Å². The highest BCUT2D eigenvalue weighted by Crippen LogP contribution is 2.40. The van der Waals surface area contributed by atoms with Crippen LogP contribution < -0.4 is 10.7 Å². The summed E-state index contributed by atoms with van der Waals surface area (Å²) in [5.41, 5.74) is 9.83. The van der Waals surface area contributed by atoms with Gasteiger partial charge >= 0.3 is 5.97 Å². The van der Waals surface area contributed by atoms with Crippen molar-refractivity contribution >= 4 is 94.5 Å². The third-order valence-electron chi connectivity index (χ3n) is 12.8. The number of hydrazine groups is 1. The van der Waals surface area contributed by atoms with Gasteiger partial charge < -0.3 is 24.4 Å². The first kappa shape index (κ1) is 58.7. The number of carbonyl (C=O) groups is 5. The van der Waals surface area contributed by atoms with Crippen LogP contribution in [0.5, 0.6) is 0 Å². The van der Waals surface area contributed by atoms with Gasteiger partial charge in [0.15, 0.2) is 0 Å². The topological polar surface area (TPSA) is 149 Å². The molecule has 4 atom stereocenters. The second-order valence-corrected chi connectivity index (χ2v) is 19.2. The Morgan fingerprint density at radius 3 is 2.36 bits per heavy atom. The Hall–Kier alpha value is -4.64. The Kier molecular flexibility index (Phi) is 21.7. The van der Waals surface area contributed by atoms with Crippen LogP contribution in [-0.2, 0) is 48.1 Å². The van der Waals surface area contributed by atoms with Gasteiger partial charge in [0.05, 0.1) is 24.8 Å². The minimum atomic E-state index is -1.04. The van der Waals surface area contributed by atoms with Gasteiger partial charge in [0.1, 0.15) is 18.1 Å². The first-order valence-corrected chi connectivity index (χ1v) is 22.9. The molecule has 0 saturated carbocycles. The van der Waals surface area contributed by atoms with Crippen LogP contribution in [0, 0.1) is 29.1 Å². The van der Waals surface area contributed by atoms with Crippen LogP contribution >= 0.6 is 54.0 Å². The van der Waals surface area contributed by atoms with Gasteiger partial charge in [0.25, 0.3) is 11.8 Å². The van der Waals surface area contributed by atoms with E-state index < -0.39 is 47.2 Å². The van der Waals surface area contributed by atoms with Gasteiger partial charge in [-0.25, -0.2) is 5.43 Å². The zero-order valence-electron chi connectivity index (χ0n) is 41.1. The second kappa shape index (κ2) is 25.5. The number of carbonyl (C=O) groups excluding carboxylic acids is 5. The monoisotopic (exact) mass is 1020 g/mol. The van der Waals surface area contributed by atoms with E-state index in [1.807, 2.05) is 57.2 Å². The van der Waals surface area contributed by atoms with E-state index in [1.54, 1.807) is 18.1 Å². The molecule has 4 aromatic rings. The molecule has 2 N–H and O–H groups in total. The van der Waals surface area contributed by atoms with Crippen LogP contribution in [0.1, 0.15) is 65.0 Å². The molecule has 2 aromatic heterocycles. The van der Waals surface area contributed by atoms with Crippen LogP contribution in [0.3, 0.4) is 0 Å². The van der Waals surface area contributed by atoms with E-state index in [1.165, 1.54) is 9.91 Å². The van der Waals surface area contributed by atoms with E-state index in [0.717, 1.165) is 51.0 Å². The molecule has 6 bridgehead atoms. The number of amides is 4. The van der Waals surface area contributed by atoms with E-state index in [0.29, 0.717) is 45.3 Å². The van der Waals surface area contributed by atoms with Crippen LogP contribution in [0.25, 0.3) is 33.3 Å². The van der Waals surface area contributed by atoms with Gasteiger partial charge in [-0.05, 0) is 105 Å². The summed E-state index contributed by atoms with van der Waals surface area (Å²) >= 11 is 0. The average molecular weight is 1020 g/mol. The van der Waals surface area contributed by atoms with Crippen molar-refractivity contribution < 1.29 is 28.7 Å². The number of likely N-dealkylation sites (tertiary alicyclic amines) is 1. The van der Waals surface area contributed by atoms with Crippen LogP contribution in [0.2, 0.25) is 0 Å². The number of hydrogen-bond acceptors (Lipinski definition) is 9. The second-order valence-electron chi connectivity index (χ2n) is 19.2. The number of esters is 1. The van der Waals surface area contributed by atoms with Gasteiger partial charge in [-0.15, -0.1) is 0 Å². The number of fused-ring (bicyclic) bond motifs is 6. The number of benzene rings is 2. The Balaban J connectivity index is 0.00000315. The molecule has 2 aromatic carbocycles. The van der Waals surface area contributed by atoms with Crippen LogP contribution in [0.4, 0.5) is 0 Å². The highest BCUT2D eigenvalue weighted by Gasteiger charge is 2.40. The molecule has 0 aliphatic carbocycles. The van der Waals surface area contributed by atoms with Crippen molar-refractivity contribution in [1.29, 1.82) is 0 Å². The lowest BCUT2D eigenvalue weighted by molar-refractivity contribution is -0.155. The van der Waals surface area contributed by atoms with Crippen molar-refractivity contribution in [2.75, 3.05) is 53.9 Å². The minimum absolute atomic E-state index is 0. The zero-order chi connectivity index (χ0) is 46.6. The number of cyclic esters (lactones) is 1. The Bertz CT molecular complexity index is 2510. The fourth-order valence-electron chi connectivity index (χ4n) is 9.56. The number of nitrogens with zero attached hydrogens (tertiary/aromatic N) is 6. The molecular formula is C51H72N8O6S4. The molecule has 2 fully saturated rings. The summed E-state index contributed by atoms with van der Waals surface area (Å²) in [4.78, 5) is 79.3. The van der Waals surface area contributed by atoms with E-state index in [2.05, 4.69) is 89.3 Å². The summed E-state index contributed by atoms with van der Waals surface area (Å²) in [5.74, 6) is 2.87. The molecule has 0 radical (unpaired) electrons. The molecule has 14 nitrogen and oxygen atoms in total. The van der Waals surface area contributed by atoms with Crippen molar-refractivity contribution in [1.82, 2.24) is 40.0 Å². The number of pyridine rings is 1. The third kappa shape index (κ3) is 13.6. The number of hydrogen-bond donors (Lipinski definition) is 2. The van der Waals surface area contributed by atoms with Gasteiger partial charge in [0.2, 0.25) is 11.8 Å². The molecule has 5 heterocycles. The smallest absolute Gasteiger partial charge is 0.324 e. The highest BCUT2D eigenvalue weighted by molar-refractivity contribution is 7.59. The molecule has 0 spiro atoms. The lowest BCUT2D eigenvalue weighted by Gasteiger charge is -2.37. The molecule has 376 valence electrons. The van der Waals surface area contributed by atoms with E-state index in [4.69, 9.17) is 4.74 Å². The van der Waals surface area contributed by atoms with E-state index >= 15 is 0 Å². The molecule has 18 heteroatoms. The fraction of sp³-hybridized carbons (Fsp3) is 0.490. The summed E-state index contributed by atoms with van der Waals surface area (Å²) in [6, 6.07) is 15.9. The van der Waals surface area contributed by atoms with Crippen LogP contribution in [0.15, 0.2) is 67.0 Å². The maximum absolute atomic E-state index is 14.7. The first-order chi connectivity index (χ1) is 31.0. The Morgan fingerprint density at radius 1 is 0.957 bits per heavy atom. The average Bonchev–Trinajstić information content (AvgIpc) is 3.90. The quantitative estimate of drug-likeness (QED) is 0.175. The summed E-state index contributed by atoms with van der Waals surface area (Å²) in [7, 11) is 5.36. The maximum Gasteiger partial charge on any atom is 0.324 e. The number of aromatic nitrogens is 2. The predicted octanol–water partition coefficient (Wildman–Crippen LogP) is 5.39. The molecule has 69 heavy (non-hydrogen) atoms. The van der Waals surface area contributed by atoms with Gasteiger partial charge in [-0.2, -0.15) is 54.0 Å². The molecule has 7 rings (SSSR count). The van der Waals surface area contributed by atoms with Crippen molar-refractivity contribution in [3.8, 4) is 34.2 Å². The summed E-state index contributed by atoms with van der Waals surface area (Å²) in [6.07, 6.45) is 5.95. The number of aryl methyl sites for hydroxylation is 1. The van der Waals surface area contributed by atoms with Crippen molar-refractivity contribution in [2.45, 2.75) is 91.4 Å². The van der Waals surface area contributed by atoms with E-state index in [-0.39, 0.29) is 91.3 Å². The normalized spacial score (nSPS) is 19.3. The summed E-state index contributed by atoms with van der Waals surface area (Å²) < 4.78 is 8.40. The number of likely N-dealkylation sites (N-methyl/N-ethyl adjacent to an activating group) is 1. The van der Waals surface area contributed by atoms with Crippen molar-refractivity contribution in [3.05, 3.63) is 78.1 Å². The number of ether oxygens (including phenoxy) is 1. The first-order valence-electron chi connectivity index (χ1n) is 22.9. The van der Waals surface area contributed by atoms with Crippen molar-refractivity contribution in [3.63, 3.8) is 0 Å². The maximum atomic E-state index is 14.7.